The van der Waals surface area contributed by atoms with Crippen LogP contribution in [0.15, 0.2) is 24.3 Å². The largest absolute Gasteiger partial charge is 0.494 e. The summed E-state index contributed by atoms with van der Waals surface area (Å²) in [7, 11) is 0. The van der Waals surface area contributed by atoms with E-state index in [-0.39, 0.29) is 23.7 Å². The third-order valence-corrected chi connectivity index (χ3v) is 3.00. The van der Waals surface area contributed by atoms with Gasteiger partial charge in [0, 0.05) is 19.5 Å². The van der Waals surface area contributed by atoms with Crippen molar-refractivity contribution >= 4 is 18.3 Å². The van der Waals surface area contributed by atoms with Crippen molar-refractivity contribution in [1.82, 2.24) is 5.32 Å². The zero-order valence-electron chi connectivity index (χ0n) is 13.1. The second-order valence-corrected chi connectivity index (χ2v) is 5.87. The van der Waals surface area contributed by atoms with Crippen LogP contribution in [0.1, 0.15) is 39.2 Å². The Labute approximate surface area is 133 Å². The van der Waals surface area contributed by atoms with Crippen LogP contribution in [-0.2, 0) is 10.2 Å². The van der Waals surface area contributed by atoms with Gasteiger partial charge in [-0.05, 0) is 29.5 Å². The smallest absolute Gasteiger partial charge is 0.220 e. The lowest BCUT2D eigenvalue weighted by Crippen LogP contribution is -2.29. The predicted molar refractivity (Wildman–Crippen MR) is 89.2 cm³/mol. The summed E-state index contributed by atoms with van der Waals surface area (Å²) in [4.78, 5) is 11.3. The highest BCUT2D eigenvalue weighted by atomic mass is 35.5. The van der Waals surface area contributed by atoms with Crippen molar-refractivity contribution in [2.45, 2.75) is 39.0 Å². The van der Waals surface area contributed by atoms with E-state index in [0.717, 1.165) is 5.75 Å². The summed E-state index contributed by atoms with van der Waals surface area (Å²) >= 11 is 0. The van der Waals surface area contributed by atoms with Gasteiger partial charge in [0.25, 0.3) is 0 Å². The first-order chi connectivity index (χ1) is 9.43. The number of hydrogen-bond acceptors (Lipinski definition) is 3. The van der Waals surface area contributed by atoms with Crippen molar-refractivity contribution in [3.8, 4) is 5.75 Å². The summed E-state index contributed by atoms with van der Waals surface area (Å²) in [6, 6.07) is 8.14. The summed E-state index contributed by atoms with van der Waals surface area (Å²) in [5, 5.41) is 2.74. The van der Waals surface area contributed by atoms with E-state index in [0.29, 0.717) is 32.5 Å². The Morgan fingerprint density at radius 3 is 2.38 bits per heavy atom. The molecule has 120 valence electrons. The summed E-state index contributed by atoms with van der Waals surface area (Å²) in [6.45, 7) is 8.11. The van der Waals surface area contributed by atoms with Crippen molar-refractivity contribution in [3.63, 3.8) is 0 Å². The van der Waals surface area contributed by atoms with Crippen LogP contribution in [0, 0.1) is 0 Å². The zero-order valence-corrected chi connectivity index (χ0v) is 14.0. The van der Waals surface area contributed by atoms with Gasteiger partial charge < -0.3 is 15.8 Å². The Kier molecular flexibility index (Phi) is 9.06. The maximum atomic E-state index is 11.3. The van der Waals surface area contributed by atoms with E-state index in [1.54, 1.807) is 0 Å². The third kappa shape index (κ3) is 7.93. The minimum absolute atomic E-state index is 0. The Balaban J connectivity index is 0.00000400. The molecule has 0 aliphatic heterocycles. The number of hydrogen-bond donors (Lipinski definition) is 2. The van der Waals surface area contributed by atoms with Gasteiger partial charge in [-0.15, -0.1) is 12.4 Å². The third-order valence-electron chi connectivity index (χ3n) is 3.00. The van der Waals surface area contributed by atoms with Crippen molar-refractivity contribution in [2.24, 2.45) is 5.73 Å². The molecule has 0 aromatic heterocycles. The molecule has 0 heterocycles. The fourth-order valence-corrected chi connectivity index (χ4v) is 1.77. The summed E-state index contributed by atoms with van der Waals surface area (Å²) in [5.74, 6) is 0.877. The SMILES string of the molecule is CC(C)(C)c1ccc(OCCCC(=O)NCCN)cc1.Cl. The lowest BCUT2D eigenvalue weighted by molar-refractivity contribution is -0.121. The average molecular weight is 315 g/mol. The normalized spacial score (nSPS) is 10.7. The molecule has 5 heteroatoms. The molecule has 0 unspecified atom stereocenters. The first-order valence-corrected chi connectivity index (χ1v) is 7.13. The van der Waals surface area contributed by atoms with Crippen LogP contribution in [0.5, 0.6) is 5.75 Å². The molecule has 21 heavy (non-hydrogen) atoms. The number of nitrogens with one attached hydrogen (secondary N) is 1. The highest BCUT2D eigenvalue weighted by Gasteiger charge is 2.12. The van der Waals surface area contributed by atoms with E-state index in [1.807, 2.05) is 12.1 Å². The zero-order chi connectivity index (χ0) is 15.0. The van der Waals surface area contributed by atoms with E-state index in [1.165, 1.54) is 5.56 Å². The van der Waals surface area contributed by atoms with Gasteiger partial charge in [-0.2, -0.15) is 0 Å². The van der Waals surface area contributed by atoms with E-state index in [2.05, 4.69) is 38.2 Å². The van der Waals surface area contributed by atoms with Crippen LogP contribution in [0.3, 0.4) is 0 Å². The molecule has 0 atom stereocenters. The molecule has 0 saturated carbocycles. The molecule has 3 N–H and O–H groups in total. The molecule has 0 spiro atoms. The first-order valence-electron chi connectivity index (χ1n) is 7.13. The number of carbonyl (C=O) groups excluding carboxylic acids is 1. The number of rotatable bonds is 7. The first kappa shape index (κ1) is 19.7. The monoisotopic (exact) mass is 314 g/mol. The highest BCUT2D eigenvalue weighted by Crippen LogP contribution is 2.24. The van der Waals surface area contributed by atoms with E-state index < -0.39 is 0 Å². The standard InChI is InChI=1S/C16H26N2O2.ClH/c1-16(2,3)13-6-8-14(9-7-13)20-12-4-5-15(19)18-11-10-17;/h6-9H,4-5,10-12,17H2,1-3H3,(H,18,19);1H. The van der Waals surface area contributed by atoms with Crippen LogP contribution in [0.2, 0.25) is 0 Å². The van der Waals surface area contributed by atoms with Crippen molar-refractivity contribution < 1.29 is 9.53 Å². The van der Waals surface area contributed by atoms with Gasteiger partial charge in [0.15, 0.2) is 0 Å². The highest BCUT2D eigenvalue weighted by molar-refractivity contribution is 5.85. The maximum absolute atomic E-state index is 11.3. The van der Waals surface area contributed by atoms with Crippen LogP contribution in [-0.4, -0.2) is 25.6 Å². The predicted octanol–water partition coefficient (Wildman–Crippen LogP) is 2.64. The van der Waals surface area contributed by atoms with Crippen molar-refractivity contribution in [3.05, 3.63) is 29.8 Å². The topological polar surface area (TPSA) is 64.3 Å². The lowest BCUT2D eigenvalue weighted by atomic mass is 9.87. The van der Waals surface area contributed by atoms with Gasteiger partial charge in [-0.1, -0.05) is 32.9 Å². The van der Waals surface area contributed by atoms with E-state index in [4.69, 9.17) is 10.5 Å². The molecule has 0 aliphatic carbocycles. The lowest BCUT2D eigenvalue weighted by Gasteiger charge is -2.19. The van der Waals surface area contributed by atoms with Gasteiger partial charge in [0.1, 0.15) is 5.75 Å². The molecule has 4 nitrogen and oxygen atoms in total. The molecule has 1 amide bonds. The molecule has 0 aliphatic rings. The van der Waals surface area contributed by atoms with Gasteiger partial charge >= 0.3 is 0 Å². The Morgan fingerprint density at radius 2 is 1.86 bits per heavy atom. The molecule has 0 fully saturated rings. The molecular weight excluding hydrogens is 288 g/mol. The Morgan fingerprint density at radius 1 is 1.24 bits per heavy atom. The van der Waals surface area contributed by atoms with Gasteiger partial charge in [-0.3, -0.25) is 4.79 Å². The van der Waals surface area contributed by atoms with E-state index >= 15 is 0 Å². The molecule has 1 aromatic carbocycles. The van der Waals surface area contributed by atoms with Gasteiger partial charge in [0.05, 0.1) is 6.61 Å². The minimum atomic E-state index is 0. The number of nitrogens with two attached hydrogens (primary N) is 1. The van der Waals surface area contributed by atoms with Crippen LogP contribution in [0.25, 0.3) is 0 Å². The maximum Gasteiger partial charge on any atom is 0.220 e. The number of ether oxygens (including phenoxy) is 1. The molecule has 1 aromatic rings. The fraction of sp³-hybridized carbons (Fsp3) is 0.562. The fourth-order valence-electron chi connectivity index (χ4n) is 1.77. The van der Waals surface area contributed by atoms with Crippen LogP contribution >= 0.6 is 12.4 Å². The van der Waals surface area contributed by atoms with Gasteiger partial charge in [0.2, 0.25) is 5.91 Å². The van der Waals surface area contributed by atoms with Gasteiger partial charge in [-0.25, -0.2) is 0 Å². The number of benzene rings is 1. The number of halogens is 1. The molecule has 0 saturated heterocycles. The van der Waals surface area contributed by atoms with Crippen LogP contribution in [0.4, 0.5) is 0 Å². The summed E-state index contributed by atoms with van der Waals surface area (Å²) < 4.78 is 5.62. The summed E-state index contributed by atoms with van der Waals surface area (Å²) in [6.07, 6.45) is 1.18. The quantitative estimate of drug-likeness (QED) is 0.760. The van der Waals surface area contributed by atoms with Crippen molar-refractivity contribution in [1.29, 1.82) is 0 Å². The second kappa shape index (κ2) is 9.64. The Bertz CT molecular complexity index is 413. The second-order valence-electron chi connectivity index (χ2n) is 5.87. The Hall–Kier alpha value is -1.26. The van der Waals surface area contributed by atoms with Crippen molar-refractivity contribution in [2.75, 3.05) is 19.7 Å². The minimum Gasteiger partial charge on any atom is -0.494 e. The molecule has 0 radical (unpaired) electrons. The summed E-state index contributed by atoms with van der Waals surface area (Å²) in [5.41, 5.74) is 6.75. The molecule has 1 rings (SSSR count). The average Bonchev–Trinajstić information content (AvgIpc) is 2.41. The number of carbonyl (C=O) groups is 1. The number of amides is 1. The molecular formula is C16H27ClN2O2. The van der Waals surface area contributed by atoms with E-state index in [9.17, 15) is 4.79 Å². The van der Waals surface area contributed by atoms with Crippen LogP contribution < -0.4 is 15.8 Å². The molecule has 0 bridgehead atoms.